The fraction of sp³-hybridized carbons (Fsp3) is 0.886. The number of allylic oxidation sites excluding steroid dienone is 3. The molecular weight excluding hydrogens is 516 g/mol. The highest BCUT2D eigenvalue weighted by atomic mass is 16.7. The van der Waals surface area contributed by atoms with Crippen molar-refractivity contribution in [3.05, 3.63) is 23.8 Å². The zero-order valence-corrected chi connectivity index (χ0v) is 26.4. The number of hydrogen-bond donors (Lipinski definition) is 4. The first kappa shape index (κ1) is 31.7. The molecule has 0 aromatic heterocycles. The van der Waals surface area contributed by atoms with Crippen molar-refractivity contribution in [2.45, 2.75) is 136 Å². The molecule has 234 valence electrons. The average molecular weight is 575 g/mol. The van der Waals surface area contributed by atoms with Gasteiger partial charge < -0.3 is 29.9 Å². The van der Waals surface area contributed by atoms with Crippen LogP contribution in [0.15, 0.2) is 23.8 Å². The van der Waals surface area contributed by atoms with Gasteiger partial charge in [-0.1, -0.05) is 65.3 Å². The minimum Gasteiger partial charge on any atom is -0.394 e. The van der Waals surface area contributed by atoms with Crippen LogP contribution in [-0.2, 0) is 9.47 Å². The predicted octanol–water partition coefficient (Wildman–Crippen LogP) is 5.63. The van der Waals surface area contributed by atoms with Crippen LogP contribution in [0.5, 0.6) is 0 Å². The first-order valence-electron chi connectivity index (χ1n) is 16.8. The third kappa shape index (κ3) is 5.64. The Hall–Kier alpha value is -0.760. The van der Waals surface area contributed by atoms with Crippen LogP contribution in [0.25, 0.3) is 0 Å². The van der Waals surface area contributed by atoms with E-state index >= 15 is 0 Å². The summed E-state index contributed by atoms with van der Waals surface area (Å²) >= 11 is 0. The second-order valence-electron chi connectivity index (χ2n) is 15.2. The summed E-state index contributed by atoms with van der Waals surface area (Å²) in [6, 6.07) is 0. The molecule has 1 heterocycles. The summed E-state index contributed by atoms with van der Waals surface area (Å²) in [5.41, 5.74) is 2.11. The topological polar surface area (TPSA) is 99.4 Å². The molecule has 0 aromatic carbocycles. The minimum atomic E-state index is -1.40. The van der Waals surface area contributed by atoms with Crippen LogP contribution >= 0.6 is 0 Å². The Balaban J connectivity index is 1.26. The Morgan fingerprint density at radius 1 is 0.976 bits per heavy atom. The molecule has 6 nitrogen and oxygen atoms in total. The third-order valence-corrected chi connectivity index (χ3v) is 12.9. The van der Waals surface area contributed by atoms with Crippen molar-refractivity contribution in [2.24, 2.45) is 52.3 Å². The van der Waals surface area contributed by atoms with Gasteiger partial charge >= 0.3 is 0 Å². The van der Waals surface area contributed by atoms with Gasteiger partial charge in [0.15, 0.2) is 6.29 Å². The summed E-state index contributed by atoms with van der Waals surface area (Å²) in [5.74, 6) is 5.05. The van der Waals surface area contributed by atoms with Gasteiger partial charge in [0.2, 0.25) is 0 Å². The van der Waals surface area contributed by atoms with Crippen LogP contribution < -0.4 is 0 Å². The minimum absolute atomic E-state index is 0.109. The normalized spacial score (nSPS) is 47.9. The summed E-state index contributed by atoms with van der Waals surface area (Å²) in [5, 5.41) is 40.4. The van der Waals surface area contributed by atoms with Crippen LogP contribution in [0.3, 0.4) is 0 Å². The van der Waals surface area contributed by atoms with Gasteiger partial charge in [0.25, 0.3) is 0 Å². The Kier molecular flexibility index (Phi) is 9.51. The Bertz CT molecular complexity index is 960. The molecule has 1 aliphatic heterocycles. The quantitative estimate of drug-likeness (QED) is 0.281. The molecule has 5 rings (SSSR count). The lowest BCUT2D eigenvalue weighted by Crippen LogP contribution is -2.60. The molecule has 6 heteroatoms. The molecule has 5 aliphatic rings. The van der Waals surface area contributed by atoms with Crippen molar-refractivity contribution in [3.8, 4) is 0 Å². The van der Waals surface area contributed by atoms with Gasteiger partial charge in [-0.05, 0) is 110 Å². The van der Waals surface area contributed by atoms with E-state index in [1.165, 1.54) is 37.7 Å². The largest absolute Gasteiger partial charge is 0.394 e. The molecule has 0 unspecified atom stereocenters. The average Bonchev–Trinajstić information content (AvgIpc) is 3.30. The molecule has 0 radical (unpaired) electrons. The third-order valence-electron chi connectivity index (χ3n) is 12.9. The van der Waals surface area contributed by atoms with Crippen molar-refractivity contribution in [3.63, 3.8) is 0 Å². The van der Waals surface area contributed by atoms with Gasteiger partial charge in [-0.25, -0.2) is 0 Å². The van der Waals surface area contributed by atoms with Crippen molar-refractivity contribution in [1.29, 1.82) is 0 Å². The second-order valence-corrected chi connectivity index (χ2v) is 15.2. The van der Waals surface area contributed by atoms with Gasteiger partial charge in [0.1, 0.15) is 24.4 Å². The van der Waals surface area contributed by atoms with Crippen molar-refractivity contribution in [2.75, 3.05) is 6.61 Å². The number of aliphatic hydroxyl groups excluding tert-OH is 4. The van der Waals surface area contributed by atoms with E-state index in [1.54, 1.807) is 0 Å². The van der Waals surface area contributed by atoms with Crippen molar-refractivity contribution < 1.29 is 29.9 Å². The van der Waals surface area contributed by atoms with Gasteiger partial charge in [-0.15, -0.1) is 0 Å². The molecule has 4 aliphatic carbocycles. The van der Waals surface area contributed by atoms with Crippen LogP contribution in [0.4, 0.5) is 0 Å². The van der Waals surface area contributed by atoms with E-state index < -0.39 is 37.3 Å². The monoisotopic (exact) mass is 574 g/mol. The predicted molar refractivity (Wildman–Crippen MR) is 161 cm³/mol. The lowest BCUT2D eigenvalue weighted by atomic mass is 9.47. The number of aliphatic hydroxyl groups is 4. The Labute approximate surface area is 248 Å². The molecule has 14 atom stereocenters. The number of ether oxygens (including phenoxy) is 2. The van der Waals surface area contributed by atoms with E-state index in [1.807, 2.05) is 0 Å². The molecule has 4 fully saturated rings. The Morgan fingerprint density at radius 2 is 1.73 bits per heavy atom. The second kappa shape index (κ2) is 12.3. The smallest absolute Gasteiger partial charge is 0.186 e. The molecule has 0 spiro atoms. The summed E-state index contributed by atoms with van der Waals surface area (Å²) in [6.45, 7) is 14.2. The maximum absolute atomic E-state index is 10.5. The van der Waals surface area contributed by atoms with Crippen LogP contribution in [0.1, 0.15) is 99.3 Å². The number of fused-ring (bicyclic) bond motifs is 5. The fourth-order valence-corrected chi connectivity index (χ4v) is 10.3. The maximum atomic E-state index is 10.5. The van der Waals surface area contributed by atoms with Gasteiger partial charge in [0, 0.05) is 0 Å². The van der Waals surface area contributed by atoms with Gasteiger partial charge in [-0.3, -0.25) is 0 Å². The fourth-order valence-electron chi connectivity index (χ4n) is 10.3. The van der Waals surface area contributed by atoms with E-state index in [4.69, 9.17) is 9.47 Å². The number of hydrogen-bond acceptors (Lipinski definition) is 6. The molecule has 0 bridgehead atoms. The highest BCUT2D eigenvalue weighted by Crippen LogP contribution is 2.67. The highest BCUT2D eigenvalue weighted by Gasteiger charge is 2.59. The first-order valence-corrected chi connectivity index (χ1v) is 16.8. The summed E-state index contributed by atoms with van der Waals surface area (Å²) in [7, 11) is 0. The van der Waals surface area contributed by atoms with Crippen molar-refractivity contribution in [1.82, 2.24) is 0 Å². The van der Waals surface area contributed by atoms with Crippen molar-refractivity contribution >= 4 is 0 Å². The van der Waals surface area contributed by atoms with E-state index in [2.05, 4.69) is 59.8 Å². The van der Waals surface area contributed by atoms with Crippen LogP contribution in [0, 0.1) is 52.3 Å². The molecule has 41 heavy (non-hydrogen) atoms. The summed E-state index contributed by atoms with van der Waals surface area (Å²) < 4.78 is 11.9. The zero-order chi connectivity index (χ0) is 29.7. The van der Waals surface area contributed by atoms with E-state index in [-0.39, 0.29) is 11.5 Å². The molecule has 4 N–H and O–H groups in total. The summed E-state index contributed by atoms with van der Waals surface area (Å²) in [4.78, 5) is 0. The van der Waals surface area contributed by atoms with Gasteiger partial charge in [-0.2, -0.15) is 0 Å². The molecule has 0 aromatic rings. The first-order chi connectivity index (χ1) is 19.4. The standard InChI is InChI=1S/C35H58O6/c1-7-22(20(2)3)9-8-21(4)26-12-13-27-25-11-10-23-18-24(14-16-34(23,5)28(25)15-17-35(26,27)6)40-33-32(39)31(38)30(37)29(19-36)41-33/h8-10,20-22,24-33,36-39H,7,11-19H2,1-6H3/b9-8+/t21-,22-,24+,25+,26+,27-,28+,29-,30-,31+,32-,33+,34+,35-/m1/s1. The van der Waals surface area contributed by atoms with E-state index in [0.29, 0.717) is 29.1 Å². The molecular formula is C35H58O6. The maximum Gasteiger partial charge on any atom is 0.186 e. The molecule has 1 saturated heterocycles. The highest BCUT2D eigenvalue weighted by molar-refractivity contribution is 5.25. The lowest BCUT2D eigenvalue weighted by Gasteiger charge is -2.58. The van der Waals surface area contributed by atoms with Crippen LogP contribution in [0.2, 0.25) is 0 Å². The SMILES string of the molecule is CC[C@H](/C=C/[C@@H](C)[C@@H]1CC[C@@H]2[C@@H]3CC=C4C[C@@H](O[C@H]5O[C@H](CO)[C@@H](O)[C@H](O)[C@H]5O)CC[C@]4(C)[C@H]3CC[C@@]21C)C(C)C. The van der Waals surface area contributed by atoms with Crippen LogP contribution in [-0.4, -0.2) is 63.8 Å². The van der Waals surface area contributed by atoms with Gasteiger partial charge in [0.05, 0.1) is 12.7 Å². The van der Waals surface area contributed by atoms with E-state index in [0.717, 1.165) is 43.4 Å². The zero-order valence-electron chi connectivity index (χ0n) is 26.4. The summed E-state index contributed by atoms with van der Waals surface area (Å²) in [6.07, 6.45) is 11.9. The molecule has 3 saturated carbocycles. The van der Waals surface area contributed by atoms with E-state index in [9.17, 15) is 20.4 Å². The number of rotatable bonds is 8. The lowest BCUT2D eigenvalue weighted by molar-refractivity contribution is -0.313. The Morgan fingerprint density at radius 3 is 2.41 bits per heavy atom. The molecule has 0 amide bonds.